The van der Waals surface area contributed by atoms with E-state index in [1.54, 1.807) is 6.92 Å². The summed E-state index contributed by atoms with van der Waals surface area (Å²) in [5.74, 6) is -0.354. The number of hydrogen-bond acceptors (Lipinski definition) is 3. The number of hydrogen-bond donors (Lipinski definition) is 1. The Kier molecular flexibility index (Phi) is 5.53. The van der Waals surface area contributed by atoms with Crippen LogP contribution in [0.5, 0.6) is 0 Å². The third-order valence-corrected chi connectivity index (χ3v) is 0.779. The zero-order valence-corrected chi connectivity index (χ0v) is 8.11. The Morgan fingerprint density at radius 2 is 1.91 bits per heavy atom. The maximum absolute atomic E-state index is 10.8. The van der Waals surface area contributed by atoms with Gasteiger partial charge in [0.2, 0.25) is 0 Å². The molecule has 0 radical (unpaired) electrons. The van der Waals surface area contributed by atoms with Crippen LogP contribution in [0.25, 0.3) is 0 Å². The molecule has 0 aromatic heterocycles. The van der Waals surface area contributed by atoms with Crippen LogP contribution < -0.4 is 18.1 Å². The topological polar surface area (TPSA) is 52.3 Å². The predicted octanol–water partition coefficient (Wildman–Crippen LogP) is -2.21. The Morgan fingerprint density at radius 1 is 1.55 bits per heavy atom. The van der Waals surface area contributed by atoms with E-state index in [2.05, 4.69) is 0 Å². The molecule has 0 aromatic carbocycles. The Bertz CT molecular complexity index is 134. The minimum absolute atomic E-state index is 0. The van der Waals surface area contributed by atoms with Crippen molar-refractivity contribution in [2.75, 3.05) is 0 Å². The number of rotatable bonds is 1. The molecular formula is C7H16ClNO2. The fourth-order valence-corrected chi connectivity index (χ4v) is 0.395. The normalized spacial score (nSPS) is 13.2. The van der Waals surface area contributed by atoms with Crippen molar-refractivity contribution < 1.29 is 23.4 Å². The van der Waals surface area contributed by atoms with Crippen LogP contribution >= 0.6 is 0 Å². The van der Waals surface area contributed by atoms with E-state index in [4.69, 9.17) is 10.5 Å². The van der Waals surface area contributed by atoms with Gasteiger partial charge in [-0.25, -0.2) is 0 Å². The minimum atomic E-state index is -0.528. The van der Waals surface area contributed by atoms with Gasteiger partial charge in [-0.1, -0.05) is 0 Å². The smallest absolute Gasteiger partial charge is 1.00 e. The van der Waals surface area contributed by atoms with E-state index >= 15 is 0 Å². The lowest BCUT2D eigenvalue weighted by atomic mass is 10.2. The summed E-state index contributed by atoms with van der Waals surface area (Å²) in [6.45, 7) is 7.04. The first kappa shape index (κ1) is 13.3. The van der Waals surface area contributed by atoms with Gasteiger partial charge in [0, 0.05) is 0 Å². The first-order chi connectivity index (χ1) is 4.33. The Hall–Kier alpha value is -0.280. The number of nitrogens with two attached hydrogens (primary N) is 1. The second kappa shape index (κ2) is 4.57. The van der Waals surface area contributed by atoms with E-state index in [9.17, 15) is 4.79 Å². The molecule has 0 rings (SSSR count). The lowest BCUT2D eigenvalue weighted by Crippen LogP contribution is -3.00. The van der Waals surface area contributed by atoms with Gasteiger partial charge < -0.3 is 22.9 Å². The molecule has 68 valence electrons. The highest BCUT2D eigenvalue weighted by molar-refractivity contribution is 5.75. The molecule has 1 unspecified atom stereocenters. The van der Waals surface area contributed by atoms with Crippen molar-refractivity contribution in [3.8, 4) is 0 Å². The molecular weight excluding hydrogens is 166 g/mol. The molecule has 0 amide bonds. The first-order valence-corrected chi connectivity index (χ1v) is 3.31. The second-order valence-electron chi connectivity index (χ2n) is 3.32. The number of carbonyl (C=O) groups excluding carboxylic acids is 1. The third kappa shape index (κ3) is 7.62. The van der Waals surface area contributed by atoms with Gasteiger partial charge in [0.15, 0.2) is 0 Å². The highest BCUT2D eigenvalue weighted by atomic mass is 35.5. The molecule has 0 aliphatic carbocycles. The summed E-state index contributed by atoms with van der Waals surface area (Å²) >= 11 is 0. The average Bonchev–Trinajstić information content (AvgIpc) is 1.60. The van der Waals surface area contributed by atoms with Crippen molar-refractivity contribution >= 4 is 5.97 Å². The average molecular weight is 182 g/mol. The summed E-state index contributed by atoms with van der Waals surface area (Å²) < 4.78 is 4.94. The number of carbonyl (C=O) groups is 1. The van der Waals surface area contributed by atoms with E-state index in [1.165, 1.54) is 0 Å². The lowest BCUT2D eigenvalue weighted by molar-refractivity contribution is -0.155. The van der Waals surface area contributed by atoms with Crippen molar-refractivity contribution in [3.05, 3.63) is 0 Å². The van der Waals surface area contributed by atoms with Gasteiger partial charge in [-0.2, -0.15) is 0 Å². The van der Waals surface area contributed by atoms with Crippen LogP contribution in [-0.4, -0.2) is 17.6 Å². The van der Waals surface area contributed by atoms with Crippen LogP contribution in [0.4, 0.5) is 0 Å². The molecule has 1 atom stereocenters. The molecule has 0 aliphatic rings. The summed E-state index contributed by atoms with van der Waals surface area (Å²) in [5, 5.41) is 0. The maximum Gasteiger partial charge on any atom is 1.00 e. The van der Waals surface area contributed by atoms with Gasteiger partial charge in [-0.05, 0) is 27.7 Å². The Morgan fingerprint density at radius 3 is 2.00 bits per heavy atom. The van der Waals surface area contributed by atoms with E-state index in [0.29, 0.717) is 0 Å². The molecule has 0 spiro atoms. The highest BCUT2D eigenvalue weighted by Crippen LogP contribution is 2.07. The lowest BCUT2D eigenvalue weighted by Gasteiger charge is -2.20. The van der Waals surface area contributed by atoms with Crippen LogP contribution in [-0.2, 0) is 9.53 Å². The summed E-state index contributed by atoms with van der Waals surface area (Å²) in [6, 6.07) is -0.528. The second-order valence-corrected chi connectivity index (χ2v) is 3.32. The van der Waals surface area contributed by atoms with E-state index in [1.807, 2.05) is 20.8 Å². The van der Waals surface area contributed by atoms with Crippen molar-refractivity contribution in [2.24, 2.45) is 5.73 Å². The number of ether oxygens (including phenoxy) is 1. The SMILES string of the molecule is CC(N)C(=O)OC(C)(C)C.[Cl-].[H+]. The molecule has 3 nitrogen and oxygen atoms in total. The fourth-order valence-electron chi connectivity index (χ4n) is 0.395. The molecule has 0 saturated heterocycles. The number of esters is 1. The van der Waals surface area contributed by atoms with Crippen LogP contribution in [0.2, 0.25) is 0 Å². The van der Waals surface area contributed by atoms with Crippen molar-refractivity contribution in [1.82, 2.24) is 0 Å². The van der Waals surface area contributed by atoms with Crippen LogP contribution in [0.1, 0.15) is 29.1 Å². The van der Waals surface area contributed by atoms with Gasteiger partial charge in [0.05, 0.1) is 0 Å². The van der Waals surface area contributed by atoms with Crippen molar-refractivity contribution in [2.45, 2.75) is 39.3 Å². The quantitative estimate of drug-likeness (QED) is 0.467. The first-order valence-electron chi connectivity index (χ1n) is 3.31. The van der Waals surface area contributed by atoms with Gasteiger partial charge in [-0.15, -0.1) is 0 Å². The highest BCUT2D eigenvalue weighted by Gasteiger charge is 2.18. The van der Waals surface area contributed by atoms with Crippen molar-refractivity contribution in [1.29, 1.82) is 0 Å². The van der Waals surface area contributed by atoms with Gasteiger partial charge in [0.25, 0.3) is 0 Å². The third-order valence-electron chi connectivity index (χ3n) is 0.779. The van der Waals surface area contributed by atoms with Gasteiger partial charge in [0.1, 0.15) is 11.6 Å². The fraction of sp³-hybridized carbons (Fsp3) is 0.857. The molecule has 0 fully saturated rings. The number of halogens is 1. The zero-order valence-electron chi connectivity index (χ0n) is 8.35. The van der Waals surface area contributed by atoms with Crippen LogP contribution in [0.3, 0.4) is 0 Å². The monoisotopic (exact) mass is 181 g/mol. The summed E-state index contributed by atoms with van der Waals surface area (Å²) in [4.78, 5) is 10.8. The maximum atomic E-state index is 10.8. The molecule has 2 N–H and O–H groups in total. The molecule has 4 heteroatoms. The van der Waals surface area contributed by atoms with Crippen LogP contribution in [0.15, 0.2) is 0 Å². The van der Waals surface area contributed by atoms with E-state index in [0.717, 1.165) is 0 Å². The summed E-state index contributed by atoms with van der Waals surface area (Å²) in [6.07, 6.45) is 0. The Balaban J connectivity index is -0.000000405. The largest absolute Gasteiger partial charge is 1.00 e. The Labute approximate surface area is 75.2 Å². The molecule has 0 bridgehead atoms. The van der Waals surface area contributed by atoms with Gasteiger partial charge in [-0.3, -0.25) is 4.79 Å². The minimum Gasteiger partial charge on any atom is -1.00 e. The molecule has 0 heterocycles. The summed E-state index contributed by atoms with van der Waals surface area (Å²) in [7, 11) is 0. The van der Waals surface area contributed by atoms with Crippen LogP contribution in [0, 0.1) is 0 Å². The molecule has 0 aromatic rings. The van der Waals surface area contributed by atoms with E-state index < -0.39 is 11.6 Å². The zero-order chi connectivity index (χ0) is 8.36. The van der Waals surface area contributed by atoms with E-state index in [-0.39, 0.29) is 19.8 Å². The molecule has 0 saturated carbocycles. The van der Waals surface area contributed by atoms with Crippen molar-refractivity contribution in [3.63, 3.8) is 0 Å². The molecule has 0 aliphatic heterocycles. The predicted molar refractivity (Wildman–Crippen MR) is 40.6 cm³/mol. The summed E-state index contributed by atoms with van der Waals surface area (Å²) in [5.41, 5.74) is 4.84. The molecule has 11 heavy (non-hydrogen) atoms. The standard InChI is InChI=1S/C7H15NO2.ClH/c1-5(8)6(9)10-7(2,3)4;/h5H,8H2,1-4H3;1H. The van der Waals surface area contributed by atoms with Gasteiger partial charge >= 0.3 is 7.40 Å².